The molecule has 29 heavy (non-hydrogen) atoms. The molecule has 1 aromatic carbocycles. The first-order valence-corrected chi connectivity index (χ1v) is 11.1. The highest BCUT2D eigenvalue weighted by molar-refractivity contribution is 7.14. The van der Waals surface area contributed by atoms with Gasteiger partial charge in [-0.3, -0.25) is 4.79 Å². The molecular formula is C20H13Cl5O3S. The first-order chi connectivity index (χ1) is 13.8. The largest absolute Gasteiger partial charge is 0.482 e. The minimum Gasteiger partial charge on any atom is -0.482 e. The number of rotatable bonds is 7. The average molecular weight is 511 g/mol. The zero-order valence-corrected chi connectivity index (χ0v) is 19.5. The lowest BCUT2D eigenvalue weighted by Crippen LogP contribution is -1.96. The third-order valence-electron chi connectivity index (χ3n) is 3.86. The Morgan fingerprint density at radius 3 is 2.28 bits per heavy atom. The van der Waals surface area contributed by atoms with Crippen LogP contribution in [0.3, 0.4) is 0 Å². The normalized spacial score (nSPS) is 11.4. The van der Waals surface area contributed by atoms with Gasteiger partial charge in [-0.05, 0) is 42.8 Å². The third-order valence-corrected chi connectivity index (χ3v) is 7.35. The highest BCUT2D eigenvalue weighted by Crippen LogP contribution is 2.48. The number of ether oxygens (including phenoxy) is 1. The van der Waals surface area contributed by atoms with Crippen LogP contribution in [0.5, 0.6) is 5.75 Å². The standard InChI is InChI=1S/C20H13Cl5O3S/c1-2-12-6-8-14(29-12)13(26)7-5-10-3-4-11(28-10)9-27-20-18(24)16(22)15(21)17(23)19(20)25/h3-8H,2,9H2,1H3/b7-5+. The first-order valence-electron chi connectivity index (χ1n) is 8.35. The van der Waals surface area contributed by atoms with E-state index in [0.29, 0.717) is 16.4 Å². The molecule has 0 bridgehead atoms. The summed E-state index contributed by atoms with van der Waals surface area (Å²) in [5.74, 6) is 1.04. The van der Waals surface area contributed by atoms with Crippen molar-refractivity contribution in [1.82, 2.24) is 0 Å². The fourth-order valence-electron chi connectivity index (χ4n) is 2.36. The molecule has 0 spiro atoms. The Bertz CT molecular complexity index is 1050. The van der Waals surface area contributed by atoms with E-state index in [0.717, 1.165) is 6.42 Å². The van der Waals surface area contributed by atoms with Crippen LogP contribution in [-0.4, -0.2) is 5.78 Å². The maximum atomic E-state index is 12.2. The van der Waals surface area contributed by atoms with E-state index in [1.807, 2.05) is 12.1 Å². The van der Waals surface area contributed by atoms with Gasteiger partial charge in [-0.25, -0.2) is 0 Å². The highest BCUT2D eigenvalue weighted by Gasteiger charge is 2.21. The summed E-state index contributed by atoms with van der Waals surface area (Å²) in [5, 5.41) is 0.289. The van der Waals surface area contributed by atoms with E-state index in [2.05, 4.69) is 6.92 Å². The lowest BCUT2D eigenvalue weighted by atomic mass is 10.2. The number of aryl methyl sites for hydroxylation is 1. The first kappa shape index (κ1) is 22.5. The lowest BCUT2D eigenvalue weighted by molar-refractivity contribution is 0.105. The zero-order chi connectivity index (χ0) is 21.1. The summed E-state index contributed by atoms with van der Waals surface area (Å²) in [6.45, 7) is 2.08. The molecule has 0 aliphatic carbocycles. The van der Waals surface area contributed by atoms with Crippen LogP contribution in [0, 0.1) is 0 Å². The Balaban J connectivity index is 1.68. The van der Waals surface area contributed by atoms with Crippen LogP contribution in [-0.2, 0) is 13.0 Å². The molecule has 0 N–H and O–H groups in total. The molecule has 0 atom stereocenters. The fraction of sp³-hybridized carbons (Fsp3) is 0.150. The van der Waals surface area contributed by atoms with Gasteiger partial charge in [0.2, 0.25) is 0 Å². The smallest absolute Gasteiger partial charge is 0.195 e. The Morgan fingerprint density at radius 2 is 1.66 bits per heavy atom. The maximum absolute atomic E-state index is 12.2. The molecule has 2 heterocycles. The number of furan rings is 1. The second-order valence-electron chi connectivity index (χ2n) is 5.81. The van der Waals surface area contributed by atoms with Gasteiger partial charge in [0.25, 0.3) is 0 Å². The van der Waals surface area contributed by atoms with E-state index in [-0.39, 0.29) is 43.3 Å². The van der Waals surface area contributed by atoms with Gasteiger partial charge in [0.1, 0.15) is 28.2 Å². The van der Waals surface area contributed by atoms with Crippen LogP contribution >= 0.6 is 69.3 Å². The molecule has 0 fully saturated rings. The van der Waals surface area contributed by atoms with E-state index in [9.17, 15) is 4.79 Å². The monoisotopic (exact) mass is 508 g/mol. The van der Waals surface area contributed by atoms with Crippen molar-refractivity contribution in [1.29, 1.82) is 0 Å². The number of hydrogen-bond acceptors (Lipinski definition) is 4. The second kappa shape index (κ2) is 9.78. The average Bonchev–Trinajstić information content (AvgIpc) is 3.38. The summed E-state index contributed by atoms with van der Waals surface area (Å²) < 4.78 is 11.3. The van der Waals surface area contributed by atoms with Crippen molar-refractivity contribution < 1.29 is 13.9 Å². The molecular weight excluding hydrogens is 498 g/mol. The molecule has 0 amide bonds. The molecule has 0 saturated carbocycles. The van der Waals surface area contributed by atoms with Crippen molar-refractivity contribution in [3.8, 4) is 5.75 Å². The van der Waals surface area contributed by atoms with Gasteiger partial charge in [-0.2, -0.15) is 0 Å². The predicted octanol–water partition coefficient (Wildman–Crippen LogP) is 8.65. The molecule has 3 aromatic rings. The van der Waals surface area contributed by atoms with Gasteiger partial charge in [0, 0.05) is 4.88 Å². The number of allylic oxidation sites excluding steroid dienone is 1. The van der Waals surface area contributed by atoms with Crippen molar-refractivity contribution in [3.63, 3.8) is 0 Å². The quantitative estimate of drug-likeness (QED) is 0.138. The molecule has 9 heteroatoms. The van der Waals surface area contributed by atoms with Crippen molar-refractivity contribution >= 4 is 81.2 Å². The van der Waals surface area contributed by atoms with E-state index in [1.165, 1.54) is 22.3 Å². The van der Waals surface area contributed by atoms with E-state index < -0.39 is 0 Å². The number of ketones is 1. The Labute approximate surface area is 196 Å². The zero-order valence-electron chi connectivity index (χ0n) is 14.9. The third kappa shape index (κ3) is 5.13. The van der Waals surface area contributed by atoms with Gasteiger partial charge in [-0.15, -0.1) is 11.3 Å². The van der Waals surface area contributed by atoms with Gasteiger partial charge >= 0.3 is 0 Å². The predicted molar refractivity (Wildman–Crippen MR) is 122 cm³/mol. The number of benzene rings is 1. The van der Waals surface area contributed by atoms with Crippen LogP contribution in [0.2, 0.25) is 25.1 Å². The topological polar surface area (TPSA) is 39.4 Å². The Hall–Kier alpha value is -1.14. The molecule has 0 aliphatic heterocycles. The summed E-state index contributed by atoms with van der Waals surface area (Å²) >= 11 is 31.8. The van der Waals surface area contributed by atoms with Gasteiger partial charge in [0.05, 0.1) is 19.9 Å². The van der Waals surface area contributed by atoms with Crippen LogP contribution < -0.4 is 4.74 Å². The summed E-state index contributed by atoms with van der Waals surface area (Å²) in [7, 11) is 0. The maximum Gasteiger partial charge on any atom is 0.195 e. The Morgan fingerprint density at radius 1 is 1.00 bits per heavy atom. The van der Waals surface area contributed by atoms with Crippen LogP contribution in [0.1, 0.15) is 33.0 Å². The van der Waals surface area contributed by atoms with Crippen molar-refractivity contribution in [2.24, 2.45) is 0 Å². The van der Waals surface area contributed by atoms with Crippen molar-refractivity contribution in [2.45, 2.75) is 20.0 Å². The summed E-state index contributed by atoms with van der Waals surface area (Å²) in [6, 6.07) is 7.22. The van der Waals surface area contributed by atoms with E-state index in [1.54, 1.807) is 18.2 Å². The SMILES string of the molecule is CCc1ccc(C(=O)/C=C/c2ccc(COc3c(Cl)c(Cl)c(Cl)c(Cl)c3Cl)o2)s1. The minimum atomic E-state index is -0.0760. The van der Waals surface area contributed by atoms with Gasteiger partial charge in [0.15, 0.2) is 11.5 Å². The molecule has 0 aliphatic rings. The summed E-state index contributed by atoms with van der Waals surface area (Å²) in [4.78, 5) is 14.1. The van der Waals surface area contributed by atoms with Gasteiger partial charge in [-0.1, -0.05) is 64.9 Å². The Kier molecular flexibility index (Phi) is 7.60. The number of halogens is 5. The molecule has 3 nitrogen and oxygen atoms in total. The number of thiophene rings is 1. The van der Waals surface area contributed by atoms with Gasteiger partial charge < -0.3 is 9.15 Å². The number of hydrogen-bond donors (Lipinski definition) is 0. The molecule has 152 valence electrons. The van der Waals surface area contributed by atoms with Crippen molar-refractivity contribution in [2.75, 3.05) is 0 Å². The van der Waals surface area contributed by atoms with Crippen molar-refractivity contribution in [3.05, 3.63) is 76.7 Å². The minimum absolute atomic E-state index is 0.0281. The van der Waals surface area contributed by atoms with E-state index in [4.69, 9.17) is 67.2 Å². The highest BCUT2D eigenvalue weighted by atomic mass is 35.5. The van der Waals surface area contributed by atoms with E-state index >= 15 is 0 Å². The molecule has 0 radical (unpaired) electrons. The summed E-state index contributed by atoms with van der Waals surface area (Å²) in [6.07, 6.45) is 3.98. The molecule has 3 rings (SSSR count). The second-order valence-corrected chi connectivity index (χ2v) is 8.87. The summed E-state index contributed by atoms with van der Waals surface area (Å²) in [5.41, 5.74) is 0. The number of carbonyl (C=O) groups is 1. The molecule has 2 aromatic heterocycles. The van der Waals surface area contributed by atoms with Crippen LogP contribution in [0.25, 0.3) is 6.08 Å². The van der Waals surface area contributed by atoms with Crippen LogP contribution in [0.4, 0.5) is 0 Å². The van der Waals surface area contributed by atoms with Crippen LogP contribution in [0.15, 0.2) is 34.8 Å². The fourth-order valence-corrected chi connectivity index (χ4v) is 4.45. The molecule has 0 unspecified atom stereocenters. The lowest BCUT2D eigenvalue weighted by Gasteiger charge is -2.12. The molecule has 0 saturated heterocycles. The number of carbonyl (C=O) groups excluding carboxylic acids is 1.